The second kappa shape index (κ2) is 6.65. The Morgan fingerprint density at radius 1 is 1.00 bits per heavy atom. The van der Waals surface area contributed by atoms with Crippen LogP contribution in [0.1, 0.15) is 6.92 Å². The van der Waals surface area contributed by atoms with E-state index in [2.05, 4.69) is 10.3 Å². The number of nitrogens with one attached hydrogen (secondary N) is 1. The Morgan fingerprint density at radius 2 is 1.76 bits per heavy atom. The molecule has 124 valence electrons. The minimum absolute atomic E-state index is 0.787. The SMILES string of the molecule is CCNc1nc(-c2ccc(Oc3ccccc3)cc2)cn2ccnc12. The van der Waals surface area contributed by atoms with E-state index in [1.54, 1.807) is 6.20 Å². The standard InChI is InChI=1S/C20H18N4O/c1-2-21-19-20-22-12-13-24(20)14-18(23-19)15-8-10-17(11-9-15)25-16-6-4-3-5-7-16/h3-14H,2H2,1H3,(H,21,23). The van der Waals surface area contributed by atoms with Gasteiger partial charge in [0.25, 0.3) is 0 Å². The minimum atomic E-state index is 0.787. The van der Waals surface area contributed by atoms with Crippen LogP contribution in [0.5, 0.6) is 11.5 Å². The Bertz CT molecular complexity index is 978. The number of aromatic nitrogens is 3. The molecule has 4 aromatic rings. The van der Waals surface area contributed by atoms with E-state index in [1.165, 1.54) is 0 Å². The van der Waals surface area contributed by atoms with Crippen LogP contribution in [0.25, 0.3) is 16.9 Å². The van der Waals surface area contributed by atoms with E-state index < -0.39 is 0 Å². The first-order chi connectivity index (χ1) is 12.3. The Kier molecular flexibility index (Phi) is 4.04. The second-order valence-electron chi connectivity index (χ2n) is 5.60. The molecular weight excluding hydrogens is 312 g/mol. The Balaban J connectivity index is 1.64. The number of benzene rings is 2. The van der Waals surface area contributed by atoms with Crippen molar-refractivity contribution >= 4 is 11.5 Å². The van der Waals surface area contributed by atoms with Gasteiger partial charge in [-0.05, 0) is 43.3 Å². The molecule has 2 aromatic carbocycles. The smallest absolute Gasteiger partial charge is 0.180 e. The predicted octanol–water partition coefficient (Wildman–Crippen LogP) is 4.62. The fourth-order valence-corrected chi connectivity index (χ4v) is 2.68. The summed E-state index contributed by atoms with van der Waals surface area (Å²) in [5.74, 6) is 2.41. The average molecular weight is 330 g/mol. The lowest BCUT2D eigenvalue weighted by Gasteiger charge is -2.09. The third kappa shape index (κ3) is 3.17. The van der Waals surface area contributed by atoms with Gasteiger partial charge in [0.1, 0.15) is 11.5 Å². The van der Waals surface area contributed by atoms with Gasteiger partial charge in [0, 0.05) is 30.7 Å². The maximum Gasteiger partial charge on any atom is 0.180 e. The summed E-state index contributed by atoms with van der Waals surface area (Å²) in [7, 11) is 0. The van der Waals surface area contributed by atoms with Crippen molar-refractivity contribution < 1.29 is 4.74 Å². The van der Waals surface area contributed by atoms with Crippen molar-refractivity contribution in [1.82, 2.24) is 14.4 Å². The first-order valence-corrected chi connectivity index (χ1v) is 8.24. The molecule has 1 N–H and O–H groups in total. The van der Waals surface area contributed by atoms with Crippen LogP contribution in [0.3, 0.4) is 0 Å². The van der Waals surface area contributed by atoms with Gasteiger partial charge in [-0.1, -0.05) is 18.2 Å². The Labute approximate surface area is 145 Å². The van der Waals surface area contributed by atoms with Crippen molar-refractivity contribution in [2.75, 3.05) is 11.9 Å². The van der Waals surface area contributed by atoms with Gasteiger partial charge in [-0.15, -0.1) is 0 Å². The summed E-state index contributed by atoms with van der Waals surface area (Å²) in [5.41, 5.74) is 2.73. The molecule has 0 radical (unpaired) electrons. The summed E-state index contributed by atoms with van der Waals surface area (Å²) in [6.45, 7) is 2.84. The molecule has 0 aliphatic carbocycles. The van der Waals surface area contributed by atoms with Crippen molar-refractivity contribution in [2.24, 2.45) is 0 Å². The van der Waals surface area contributed by atoms with Crippen molar-refractivity contribution in [3.8, 4) is 22.8 Å². The lowest BCUT2D eigenvalue weighted by molar-refractivity contribution is 0.483. The fraction of sp³-hybridized carbons (Fsp3) is 0.100. The molecule has 0 saturated heterocycles. The molecule has 2 aromatic heterocycles. The van der Waals surface area contributed by atoms with E-state index >= 15 is 0 Å². The molecule has 4 rings (SSSR count). The number of anilines is 1. The molecule has 0 fully saturated rings. The number of ether oxygens (including phenoxy) is 1. The highest BCUT2D eigenvalue weighted by Crippen LogP contribution is 2.26. The van der Waals surface area contributed by atoms with E-state index in [0.717, 1.165) is 40.8 Å². The first kappa shape index (κ1) is 15.2. The van der Waals surface area contributed by atoms with E-state index in [9.17, 15) is 0 Å². The van der Waals surface area contributed by atoms with Crippen LogP contribution in [0.15, 0.2) is 73.2 Å². The zero-order valence-corrected chi connectivity index (χ0v) is 13.9. The third-order valence-corrected chi connectivity index (χ3v) is 3.85. The lowest BCUT2D eigenvalue weighted by Crippen LogP contribution is -2.03. The van der Waals surface area contributed by atoms with E-state index in [1.807, 2.05) is 78.3 Å². The van der Waals surface area contributed by atoms with Gasteiger partial charge in [-0.3, -0.25) is 0 Å². The van der Waals surface area contributed by atoms with Gasteiger partial charge in [0.2, 0.25) is 0 Å². The summed E-state index contributed by atoms with van der Waals surface area (Å²) < 4.78 is 7.82. The zero-order chi connectivity index (χ0) is 17.1. The molecule has 0 bridgehead atoms. The number of hydrogen-bond acceptors (Lipinski definition) is 4. The number of imidazole rings is 1. The summed E-state index contributed by atoms with van der Waals surface area (Å²) >= 11 is 0. The molecule has 0 spiro atoms. The minimum Gasteiger partial charge on any atom is -0.457 e. The normalized spacial score (nSPS) is 10.8. The Morgan fingerprint density at radius 3 is 2.52 bits per heavy atom. The molecule has 0 atom stereocenters. The quantitative estimate of drug-likeness (QED) is 0.580. The number of rotatable bonds is 5. The van der Waals surface area contributed by atoms with E-state index in [-0.39, 0.29) is 0 Å². The van der Waals surface area contributed by atoms with Crippen LogP contribution < -0.4 is 10.1 Å². The number of fused-ring (bicyclic) bond motifs is 1. The van der Waals surface area contributed by atoms with Gasteiger partial charge < -0.3 is 14.5 Å². The number of hydrogen-bond donors (Lipinski definition) is 1. The van der Waals surface area contributed by atoms with Crippen molar-refractivity contribution in [3.63, 3.8) is 0 Å². The van der Waals surface area contributed by atoms with Crippen LogP contribution in [0.2, 0.25) is 0 Å². The summed E-state index contributed by atoms with van der Waals surface area (Å²) in [6.07, 6.45) is 5.68. The van der Waals surface area contributed by atoms with Gasteiger partial charge in [0.05, 0.1) is 5.69 Å². The van der Waals surface area contributed by atoms with Crippen LogP contribution in [-0.2, 0) is 0 Å². The molecule has 0 unspecified atom stereocenters. The monoisotopic (exact) mass is 330 g/mol. The van der Waals surface area contributed by atoms with E-state index in [0.29, 0.717) is 0 Å². The van der Waals surface area contributed by atoms with Gasteiger partial charge >= 0.3 is 0 Å². The predicted molar refractivity (Wildman–Crippen MR) is 99.1 cm³/mol. The largest absolute Gasteiger partial charge is 0.457 e. The Hall–Kier alpha value is -3.34. The molecule has 0 amide bonds. The van der Waals surface area contributed by atoms with Crippen molar-refractivity contribution in [1.29, 1.82) is 0 Å². The van der Waals surface area contributed by atoms with Crippen molar-refractivity contribution in [2.45, 2.75) is 6.92 Å². The molecule has 5 heteroatoms. The topological polar surface area (TPSA) is 51.5 Å². The molecule has 25 heavy (non-hydrogen) atoms. The van der Waals surface area contributed by atoms with E-state index in [4.69, 9.17) is 9.72 Å². The van der Waals surface area contributed by atoms with Crippen LogP contribution in [-0.4, -0.2) is 20.9 Å². The highest BCUT2D eigenvalue weighted by Gasteiger charge is 2.08. The summed E-state index contributed by atoms with van der Waals surface area (Å²) in [6, 6.07) is 17.7. The molecule has 0 aliphatic rings. The van der Waals surface area contributed by atoms with Gasteiger partial charge in [0.15, 0.2) is 11.5 Å². The molecule has 0 saturated carbocycles. The lowest BCUT2D eigenvalue weighted by atomic mass is 10.1. The highest BCUT2D eigenvalue weighted by atomic mass is 16.5. The first-order valence-electron chi connectivity index (χ1n) is 8.24. The number of nitrogens with zero attached hydrogens (tertiary/aromatic N) is 3. The highest BCUT2D eigenvalue weighted by molar-refractivity contribution is 5.69. The summed E-state index contributed by atoms with van der Waals surface area (Å²) in [4.78, 5) is 9.06. The summed E-state index contributed by atoms with van der Waals surface area (Å²) in [5, 5.41) is 3.27. The maximum absolute atomic E-state index is 5.84. The average Bonchev–Trinajstić information content (AvgIpc) is 3.12. The van der Waals surface area contributed by atoms with Crippen LogP contribution >= 0.6 is 0 Å². The van der Waals surface area contributed by atoms with Crippen LogP contribution in [0.4, 0.5) is 5.82 Å². The second-order valence-corrected chi connectivity index (χ2v) is 5.60. The molecule has 5 nitrogen and oxygen atoms in total. The van der Waals surface area contributed by atoms with Crippen LogP contribution in [0, 0.1) is 0 Å². The third-order valence-electron chi connectivity index (χ3n) is 3.85. The molecular formula is C20H18N4O. The van der Waals surface area contributed by atoms with Gasteiger partial charge in [-0.25, -0.2) is 9.97 Å². The van der Waals surface area contributed by atoms with Gasteiger partial charge in [-0.2, -0.15) is 0 Å². The number of para-hydroxylation sites is 1. The fourth-order valence-electron chi connectivity index (χ4n) is 2.68. The zero-order valence-electron chi connectivity index (χ0n) is 13.9. The van der Waals surface area contributed by atoms with Crippen molar-refractivity contribution in [3.05, 3.63) is 73.2 Å². The molecule has 0 aliphatic heterocycles. The molecule has 2 heterocycles. The maximum atomic E-state index is 5.84.